The number of alkyl halides is 3. The molecule has 1 aromatic carbocycles. The van der Waals surface area contributed by atoms with Crippen molar-refractivity contribution in [2.45, 2.75) is 51.4 Å². The van der Waals surface area contributed by atoms with Crippen molar-refractivity contribution in [3.8, 4) is 0 Å². The first-order valence-corrected chi connectivity index (χ1v) is 12.9. The summed E-state index contributed by atoms with van der Waals surface area (Å²) in [5, 5.41) is 2.42. The third-order valence-corrected chi connectivity index (χ3v) is 5.92. The second-order valence-electron chi connectivity index (χ2n) is 9.08. The van der Waals surface area contributed by atoms with Crippen LogP contribution in [0.25, 0.3) is 11.2 Å². The molecule has 0 unspecified atom stereocenters. The highest BCUT2D eigenvalue weighted by Gasteiger charge is 2.43. The lowest BCUT2D eigenvalue weighted by atomic mass is 10.1. The number of nitrogens with one attached hydrogen (secondary N) is 2. The number of aromatic nitrogens is 4. The number of methoxy groups -OCH3 is 1. The summed E-state index contributed by atoms with van der Waals surface area (Å²) in [5.41, 5.74) is 3.74. The zero-order valence-electron chi connectivity index (χ0n) is 23.1. The zero-order chi connectivity index (χ0) is 31.7. The van der Waals surface area contributed by atoms with Crippen LogP contribution < -0.4 is 21.5 Å². The van der Waals surface area contributed by atoms with E-state index in [-0.39, 0.29) is 53.5 Å². The number of unbranched alkanes of at least 4 members (excludes halogenated alkanes) is 1. The molecule has 0 aliphatic heterocycles. The van der Waals surface area contributed by atoms with Gasteiger partial charge < -0.3 is 20.5 Å². The number of benzene rings is 1. The highest BCUT2D eigenvalue weighted by molar-refractivity contribution is 5.99. The monoisotopic (exact) mass is 607 g/mol. The Kier molecular flexibility index (Phi) is 10.7. The maximum absolute atomic E-state index is 13.5. The molecule has 230 valence electrons. The van der Waals surface area contributed by atoms with Gasteiger partial charge in [0, 0.05) is 17.7 Å². The fourth-order valence-corrected chi connectivity index (χ4v) is 3.73. The number of carbonyl (C=O) groups is 4. The molecule has 0 aliphatic rings. The number of H-pyrrole nitrogens is 1. The van der Waals surface area contributed by atoms with E-state index in [1.165, 1.54) is 0 Å². The molecule has 2 heterocycles. The fourth-order valence-electron chi connectivity index (χ4n) is 3.73. The fraction of sp³-hybridized carbons (Fsp3) is 0.385. The summed E-state index contributed by atoms with van der Waals surface area (Å²) < 4.78 is 50.2. The first-order valence-electron chi connectivity index (χ1n) is 12.9. The molecule has 2 aromatic heterocycles. The molecule has 4 N–H and O–H groups in total. The van der Waals surface area contributed by atoms with E-state index in [1.807, 2.05) is 6.92 Å². The van der Waals surface area contributed by atoms with Gasteiger partial charge >= 0.3 is 24.0 Å². The Morgan fingerprint density at radius 1 is 1.14 bits per heavy atom. The van der Waals surface area contributed by atoms with Crippen molar-refractivity contribution in [2.75, 3.05) is 24.4 Å². The standard InChI is InChI=1S/C26H28F3N7O7/c1-3-4-11-43-18(37)10-9-17(23(40)42-2)33-21(38)14-5-7-16(8-6-14)36(24(41)26(27,28)29)13-15-12-31-20-19(32-15)22(39)35-25(30)34-20/h5-8,12,17H,3-4,9-11,13H2,1-2H3,(H,33,38)(H3,30,31,34,35,39)/t17-/m0/s1. The van der Waals surface area contributed by atoms with Crippen LogP contribution in [-0.4, -0.2) is 69.6 Å². The van der Waals surface area contributed by atoms with Crippen LogP contribution in [0.5, 0.6) is 0 Å². The largest absolute Gasteiger partial charge is 0.471 e. The molecular formula is C26H28F3N7O7. The summed E-state index contributed by atoms with van der Waals surface area (Å²) in [5.74, 6) is -4.65. The van der Waals surface area contributed by atoms with Crippen LogP contribution in [0.2, 0.25) is 0 Å². The molecule has 14 nitrogen and oxygen atoms in total. The lowest BCUT2D eigenvalue weighted by Crippen LogP contribution is -2.42. The van der Waals surface area contributed by atoms with Crippen LogP contribution in [-0.2, 0) is 30.4 Å². The van der Waals surface area contributed by atoms with Crippen LogP contribution in [0.1, 0.15) is 48.7 Å². The highest BCUT2D eigenvalue weighted by Crippen LogP contribution is 2.26. The van der Waals surface area contributed by atoms with Crippen LogP contribution in [0.3, 0.4) is 0 Å². The molecule has 3 rings (SSSR count). The summed E-state index contributed by atoms with van der Waals surface area (Å²) in [4.78, 5) is 75.5. The summed E-state index contributed by atoms with van der Waals surface area (Å²) in [6, 6.07) is 3.23. The normalized spacial score (nSPS) is 11.9. The maximum Gasteiger partial charge on any atom is 0.471 e. The zero-order valence-corrected chi connectivity index (χ0v) is 23.1. The Hall–Kier alpha value is -5.09. The number of nitrogens with zero attached hydrogens (tertiary/aromatic N) is 4. The Morgan fingerprint density at radius 3 is 2.47 bits per heavy atom. The quantitative estimate of drug-likeness (QED) is 0.200. The number of carbonyl (C=O) groups excluding carboxylic acids is 4. The van der Waals surface area contributed by atoms with E-state index < -0.39 is 48.1 Å². The van der Waals surface area contributed by atoms with E-state index in [1.54, 1.807) is 0 Å². The topological polar surface area (TPSA) is 200 Å². The molecule has 0 radical (unpaired) electrons. The number of fused-ring (bicyclic) bond motifs is 1. The molecule has 0 bridgehead atoms. The number of aromatic amines is 1. The lowest BCUT2D eigenvalue weighted by molar-refractivity contribution is -0.170. The van der Waals surface area contributed by atoms with E-state index >= 15 is 0 Å². The van der Waals surface area contributed by atoms with Gasteiger partial charge in [0.2, 0.25) is 5.95 Å². The predicted octanol–water partition coefficient (Wildman–Crippen LogP) is 1.79. The predicted molar refractivity (Wildman–Crippen MR) is 144 cm³/mol. The number of hydrogen-bond donors (Lipinski definition) is 3. The summed E-state index contributed by atoms with van der Waals surface area (Å²) in [6.07, 6.45) is -3.04. The van der Waals surface area contributed by atoms with E-state index in [2.05, 4.69) is 30.0 Å². The SMILES string of the molecule is CCCCOC(=O)CC[C@H](NC(=O)c1ccc(N(Cc2cnc3nc(N)[nH]c(=O)c3n2)C(=O)C(F)(F)F)cc1)C(=O)OC. The molecular weight excluding hydrogens is 579 g/mol. The summed E-state index contributed by atoms with van der Waals surface area (Å²) in [6.45, 7) is 1.41. The minimum atomic E-state index is -5.28. The van der Waals surface area contributed by atoms with Crippen molar-refractivity contribution in [2.24, 2.45) is 0 Å². The van der Waals surface area contributed by atoms with Crippen molar-refractivity contribution < 1.29 is 41.8 Å². The molecule has 2 amide bonds. The van der Waals surface area contributed by atoms with Crippen molar-refractivity contribution in [1.29, 1.82) is 0 Å². The van der Waals surface area contributed by atoms with Gasteiger partial charge in [0.05, 0.1) is 32.2 Å². The molecule has 43 heavy (non-hydrogen) atoms. The second-order valence-corrected chi connectivity index (χ2v) is 9.08. The number of hydrogen-bond acceptors (Lipinski definition) is 11. The molecule has 0 spiro atoms. The average Bonchev–Trinajstić information content (AvgIpc) is 2.97. The van der Waals surface area contributed by atoms with Crippen molar-refractivity contribution >= 4 is 46.6 Å². The number of rotatable bonds is 12. The van der Waals surface area contributed by atoms with Crippen molar-refractivity contribution in [3.63, 3.8) is 0 Å². The first kappa shape index (κ1) is 32.4. The van der Waals surface area contributed by atoms with Gasteiger partial charge in [0.25, 0.3) is 11.5 Å². The van der Waals surface area contributed by atoms with Gasteiger partial charge in [-0.05, 0) is 37.1 Å². The molecule has 17 heteroatoms. The van der Waals surface area contributed by atoms with Crippen LogP contribution in [0.15, 0.2) is 35.3 Å². The Balaban J connectivity index is 1.79. The molecule has 3 aromatic rings. The third-order valence-electron chi connectivity index (χ3n) is 5.92. The van der Waals surface area contributed by atoms with Gasteiger partial charge in [0.1, 0.15) is 6.04 Å². The minimum Gasteiger partial charge on any atom is -0.467 e. The van der Waals surface area contributed by atoms with Gasteiger partial charge in [0.15, 0.2) is 11.2 Å². The van der Waals surface area contributed by atoms with Crippen LogP contribution in [0, 0.1) is 0 Å². The Bertz CT molecular complexity index is 1540. The van der Waals surface area contributed by atoms with Gasteiger partial charge in [-0.2, -0.15) is 18.2 Å². The van der Waals surface area contributed by atoms with E-state index in [0.717, 1.165) is 44.0 Å². The molecule has 1 atom stereocenters. The van der Waals surface area contributed by atoms with Crippen molar-refractivity contribution in [1.82, 2.24) is 25.3 Å². The van der Waals surface area contributed by atoms with E-state index in [0.29, 0.717) is 11.3 Å². The van der Waals surface area contributed by atoms with E-state index in [9.17, 15) is 37.1 Å². The number of nitrogen functional groups attached to an aromatic ring is 1. The van der Waals surface area contributed by atoms with Crippen LogP contribution in [0.4, 0.5) is 24.8 Å². The second kappa shape index (κ2) is 14.2. The smallest absolute Gasteiger partial charge is 0.467 e. The molecule has 0 saturated carbocycles. The number of halogens is 3. The van der Waals surface area contributed by atoms with E-state index in [4.69, 9.17) is 10.5 Å². The molecule has 0 fully saturated rings. The number of ether oxygens (including phenoxy) is 2. The number of esters is 2. The summed E-state index contributed by atoms with van der Waals surface area (Å²) in [7, 11) is 1.10. The summed E-state index contributed by atoms with van der Waals surface area (Å²) >= 11 is 0. The van der Waals surface area contributed by atoms with Gasteiger partial charge in [-0.25, -0.2) is 14.8 Å². The first-order chi connectivity index (χ1) is 20.3. The molecule has 0 saturated heterocycles. The maximum atomic E-state index is 13.5. The number of anilines is 2. The van der Waals surface area contributed by atoms with Gasteiger partial charge in [-0.3, -0.25) is 29.1 Å². The Morgan fingerprint density at radius 2 is 1.84 bits per heavy atom. The lowest BCUT2D eigenvalue weighted by Gasteiger charge is -2.24. The molecule has 0 aliphatic carbocycles. The van der Waals surface area contributed by atoms with Crippen molar-refractivity contribution in [3.05, 3.63) is 52.1 Å². The average molecular weight is 608 g/mol. The third kappa shape index (κ3) is 8.70. The minimum absolute atomic E-state index is 0.0664. The van der Waals surface area contributed by atoms with Crippen LogP contribution >= 0.6 is 0 Å². The van der Waals surface area contributed by atoms with Gasteiger partial charge in [-0.1, -0.05) is 13.3 Å². The Labute approximate surface area is 241 Å². The highest BCUT2D eigenvalue weighted by atomic mass is 19.4. The van der Waals surface area contributed by atoms with Gasteiger partial charge in [-0.15, -0.1) is 0 Å². The number of nitrogens with two attached hydrogens (primary N) is 1. The number of amides is 2.